The second kappa shape index (κ2) is 4.81. The highest BCUT2D eigenvalue weighted by Gasteiger charge is 2.20. The van der Waals surface area contributed by atoms with Gasteiger partial charge in [-0.2, -0.15) is 0 Å². The van der Waals surface area contributed by atoms with E-state index in [0.717, 1.165) is 12.0 Å². The monoisotopic (exact) mass is 287 g/mol. The number of hydrogen-bond donors (Lipinski definition) is 0. The number of para-hydroxylation sites is 1. The van der Waals surface area contributed by atoms with Crippen molar-refractivity contribution in [3.05, 3.63) is 88.0 Å². The fourth-order valence-corrected chi connectivity index (χ4v) is 3.17. The van der Waals surface area contributed by atoms with Gasteiger partial charge in [0.1, 0.15) is 0 Å². The Morgan fingerprint density at radius 2 is 1.45 bits per heavy atom. The van der Waals surface area contributed by atoms with Gasteiger partial charge in [-0.25, -0.2) is 0 Å². The van der Waals surface area contributed by atoms with E-state index in [4.69, 9.17) is 0 Å². The molecule has 0 atom stereocenters. The van der Waals surface area contributed by atoms with Crippen LogP contribution in [0.3, 0.4) is 0 Å². The average Bonchev–Trinajstić information content (AvgIpc) is 2.92. The largest absolute Gasteiger partial charge is 0.277 e. The number of benzene rings is 3. The minimum Gasteiger partial charge on any atom is -0.258 e. The molecule has 0 unspecified atom stereocenters. The lowest BCUT2D eigenvalue weighted by atomic mass is 9.97. The predicted molar refractivity (Wildman–Crippen MR) is 86.8 cm³/mol. The van der Waals surface area contributed by atoms with Crippen LogP contribution in [0.15, 0.2) is 66.7 Å². The van der Waals surface area contributed by atoms with Crippen LogP contribution in [-0.4, -0.2) is 4.92 Å². The first-order valence-electron chi connectivity index (χ1n) is 7.19. The van der Waals surface area contributed by atoms with Gasteiger partial charge in [-0.3, -0.25) is 10.1 Å². The molecule has 0 radical (unpaired) electrons. The second-order valence-electron chi connectivity index (χ2n) is 5.48. The molecule has 3 aromatic carbocycles. The van der Waals surface area contributed by atoms with Gasteiger partial charge in [0, 0.05) is 6.07 Å². The Morgan fingerprint density at radius 1 is 0.773 bits per heavy atom. The number of nitro groups is 1. The van der Waals surface area contributed by atoms with Crippen LogP contribution in [0.2, 0.25) is 0 Å². The normalized spacial score (nSPS) is 11.8. The van der Waals surface area contributed by atoms with E-state index in [1.807, 2.05) is 24.3 Å². The molecule has 106 valence electrons. The van der Waals surface area contributed by atoms with Gasteiger partial charge < -0.3 is 0 Å². The van der Waals surface area contributed by atoms with Crippen molar-refractivity contribution in [3.63, 3.8) is 0 Å². The Bertz CT molecular complexity index is 899. The molecule has 22 heavy (non-hydrogen) atoms. The minimum atomic E-state index is -0.323. The molecule has 0 spiro atoms. The van der Waals surface area contributed by atoms with Gasteiger partial charge >= 0.3 is 0 Å². The van der Waals surface area contributed by atoms with Crippen LogP contribution in [0, 0.1) is 10.1 Å². The zero-order valence-corrected chi connectivity index (χ0v) is 11.8. The van der Waals surface area contributed by atoms with Crippen molar-refractivity contribution < 1.29 is 4.92 Å². The molecule has 0 N–H and O–H groups in total. The lowest BCUT2D eigenvalue weighted by molar-refractivity contribution is -0.384. The zero-order valence-electron chi connectivity index (χ0n) is 11.8. The molecular formula is C19H13NO2. The Hall–Kier alpha value is -2.94. The standard InChI is InChI=1S/C19H13NO2/c21-20(22)19-8-4-3-7-17(19)15-10-9-14-11-13-5-1-2-6-16(13)18(14)12-15/h1-10,12H,11H2. The average molecular weight is 287 g/mol. The molecule has 0 fully saturated rings. The van der Waals surface area contributed by atoms with E-state index in [-0.39, 0.29) is 10.6 Å². The van der Waals surface area contributed by atoms with Gasteiger partial charge in [0.15, 0.2) is 0 Å². The third-order valence-corrected chi connectivity index (χ3v) is 4.21. The third kappa shape index (κ3) is 1.91. The maximum absolute atomic E-state index is 11.2. The van der Waals surface area contributed by atoms with E-state index in [2.05, 4.69) is 24.3 Å². The number of nitro benzene ring substituents is 1. The molecule has 0 saturated carbocycles. The fourth-order valence-electron chi connectivity index (χ4n) is 3.17. The van der Waals surface area contributed by atoms with Gasteiger partial charge in [-0.1, -0.05) is 48.5 Å². The summed E-state index contributed by atoms with van der Waals surface area (Å²) in [5.74, 6) is 0. The van der Waals surface area contributed by atoms with Crippen LogP contribution in [0.25, 0.3) is 22.3 Å². The molecule has 0 saturated heterocycles. The highest BCUT2D eigenvalue weighted by atomic mass is 16.6. The Labute approximate surface area is 128 Å². The summed E-state index contributed by atoms with van der Waals surface area (Å²) in [6.45, 7) is 0. The Balaban J connectivity index is 1.90. The van der Waals surface area contributed by atoms with E-state index in [9.17, 15) is 10.1 Å². The van der Waals surface area contributed by atoms with Crippen LogP contribution in [0.4, 0.5) is 5.69 Å². The smallest absolute Gasteiger partial charge is 0.258 e. The van der Waals surface area contributed by atoms with Crippen molar-refractivity contribution in [3.8, 4) is 22.3 Å². The Kier molecular flexibility index (Phi) is 2.79. The molecule has 4 rings (SSSR count). The molecule has 0 amide bonds. The summed E-state index contributed by atoms with van der Waals surface area (Å²) in [5, 5.41) is 11.2. The first-order valence-corrected chi connectivity index (χ1v) is 7.19. The molecule has 0 aromatic heterocycles. The van der Waals surface area contributed by atoms with E-state index < -0.39 is 0 Å². The third-order valence-electron chi connectivity index (χ3n) is 4.21. The van der Waals surface area contributed by atoms with Crippen molar-refractivity contribution in [2.75, 3.05) is 0 Å². The lowest BCUT2D eigenvalue weighted by Gasteiger charge is -2.07. The van der Waals surface area contributed by atoms with Gasteiger partial charge in [-0.15, -0.1) is 0 Å². The summed E-state index contributed by atoms with van der Waals surface area (Å²) >= 11 is 0. The van der Waals surface area contributed by atoms with Crippen LogP contribution >= 0.6 is 0 Å². The Morgan fingerprint density at radius 3 is 2.27 bits per heavy atom. The van der Waals surface area contributed by atoms with Gasteiger partial charge in [0.2, 0.25) is 0 Å². The molecule has 1 aliphatic rings. The van der Waals surface area contributed by atoms with Crippen LogP contribution < -0.4 is 0 Å². The fraction of sp³-hybridized carbons (Fsp3) is 0.0526. The minimum absolute atomic E-state index is 0.147. The van der Waals surface area contributed by atoms with E-state index >= 15 is 0 Å². The molecule has 3 aromatic rings. The first-order chi connectivity index (χ1) is 10.7. The summed E-state index contributed by atoms with van der Waals surface area (Å²) in [6.07, 6.45) is 0.933. The predicted octanol–water partition coefficient (Wildman–Crippen LogP) is 4.83. The number of nitrogens with zero attached hydrogens (tertiary/aromatic N) is 1. The first kappa shape index (κ1) is 12.8. The quantitative estimate of drug-likeness (QED) is 0.391. The summed E-state index contributed by atoms with van der Waals surface area (Å²) < 4.78 is 0. The van der Waals surface area contributed by atoms with Crippen molar-refractivity contribution in [2.24, 2.45) is 0 Å². The van der Waals surface area contributed by atoms with Crippen molar-refractivity contribution >= 4 is 5.69 Å². The SMILES string of the molecule is O=[N+]([O-])c1ccccc1-c1ccc2c(c1)-c1ccccc1C2. The molecule has 3 nitrogen and oxygen atoms in total. The van der Waals surface area contributed by atoms with Crippen LogP contribution in [0.1, 0.15) is 11.1 Å². The maximum Gasteiger partial charge on any atom is 0.277 e. The van der Waals surface area contributed by atoms with Gasteiger partial charge in [0.25, 0.3) is 5.69 Å². The molecule has 3 heteroatoms. The van der Waals surface area contributed by atoms with Crippen LogP contribution in [-0.2, 0) is 6.42 Å². The highest BCUT2D eigenvalue weighted by Crippen LogP contribution is 2.40. The molecule has 0 aliphatic heterocycles. The maximum atomic E-state index is 11.2. The summed E-state index contributed by atoms with van der Waals surface area (Å²) in [5.41, 5.74) is 6.72. The summed E-state index contributed by atoms with van der Waals surface area (Å²) in [6, 6.07) is 21.4. The van der Waals surface area contributed by atoms with Crippen molar-refractivity contribution in [1.82, 2.24) is 0 Å². The van der Waals surface area contributed by atoms with Crippen molar-refractivity contribution in [2.45, 2.75) is 6.42 Å². The van der Waals surface area contributed by atoms with E-state index in [1.54, 1.807) is 18.2 Å². The zero-order chi connectivity index (χ0) is 15.1. The van der Waals surface area contributed by atoms with E-state index in [0.29, 0.717) is 5.56 Å². The van der Waals surface area contributed by atoms with Crippen molar-refractivity contribution in [1.29, 1.82) is 0 Å². The summed E-state index contributed by atoms with van der Waals surface area (Å²) in [7, 11) is 0. The van der Waals surface area contributed by atoms with E-state index in [1.165, 1.54) is 22.3 Å². The molecule has 0 heterocycles. The summed E-state index contributed by atoms with van der Waals surface area (Å²) in [4.78, 5) is 10.9. The lowest BCUT2D eigenvalue weighted by Crippen LogP contribution is -1.92. The topological polar surface area (TPSA) is 43.1 Å². The second-order valence-corrected chi connectivity index (χ2v) is 5.48. The molecule has 1 aliphatic carbocycles. The van der Waals surface area contributed by atoms with Crippen LogP contribution in [0.5, 0.6) is 0 Å². The molecule has 0 bridgehead atoms. The number of hydrogen-bond acceptors (Lipinski definition) is 2. The van der Waals surface area contributed by atoms with Gasteiger partial charge in [-0.05, 0) is 46.4 Å². The highest BCUT2D eigenvalue weighted by molar-refractivity contribution is 5.83. The number of rotatable bonds is 2. The number of fused-ring (bicyclic) bond motifs is 3. The van der Waals surface area contributed by atoms with Gasteiger partial charge in [0.05, 0.1) is 10.5 Å². The molecular weight excluding hydrogens is 274 g/mol.